The van der Waals surface area contributed by atoms with Gasteiger partial charge < -0.3 is 5.32 Å². The molecule has 0 saturated heterocycles. The Kier molecular flexibility index (Phi) is 4.41. The van der Waals surface area contributed by atoms with Gasteiger partial charge in [0.1, 0.15) is 11.9 Å². The summed E-state index contributed by atoms with van der Waals surface area (Å²) >= 11 is 9.24. The van der Waals surface area contributed by atoms with Crippen LogP contribution in [-0.2, 0) is 6.54 Å². The lowest BCUT2D eigenvalue weighted by Crippen LogP contribution is -2.04. The van der Waals surface area contributed by atoms with E-state index in [0.29, 0.717) is 21.8 Å². The molecule has 5 heteroatoms. The first-order valence-corrected chi connectivity index (χ1v) is 6.65. The highest BCUT2D eigenvalue weighted by Crippen LogP contribution is 2.23. The van der Waals surface area contributed by atoms with E-state index in [1.54, 1.807) is 24.3 Å². The number of rotatable bonds is 3. The summed E-state index contributed by atoms with van der Waals surface area (Å²) in [5.74, 6) is -0.365. The van der Waals surface area contributed by atoms with Crippen molar-refractivity contribution in [3.8, 4) is 6.07 Å². The molecule has 0 fully saturated rings. The standard InChI is InChI=1S/C14H9BrClFN2/c15-10-4-5-14(9(6-10)7-18)19-8-11-12(16)2-1-3-13(11)17/h1-6,19H,8H2. The summed E-state index contributed by atoms with van der Waals surface area (Å²) in [6, 6.07) is 11.9. The number of nitrogens with zero attached hydrogens (tertiary/aromatic N) is 1. The third kappa shape index (κ3) is 3.25. The summed E-state index contributed by atoms with van der Waals surface area (Å²) in [7, 11) is 0. The highest BCUT2D eigenvalue weighted by atomic mass is 79.9. The van der Waals surface area contributed by atoms with Gasteiger partial charge in [0.2, 0.25) is 0 Å². The van der Waals surface area contributed by atoms with Crippen LogP contribution in [0.2, 0.25) is 5.02 Å². The summed E-state index contributed by atoms with van der Waals surface area (Å²) < 4.78 is 14.4. The van der Waals surface area contributed by atoms with E-state index in [4.69, 9.17) is 16.9 Å². The lowest BCUT2D eigenvalue weighted by molar-refractivity contribution is 0.613. The molecule has 0 aromatic heterocycles. The zero-order chi connectivity index (χ0) is 13.8. The number of halogens is 3. The first kappa shape index (κ1) is 13.9. The Hall–Kier alpha value is -1.57. The molecule has 2 nitrogen and oxygen atoms in total. The van der Waals surface area contributed by atoms with Crippen LogP contribution in [0, 0.1) is 17.1 Å². The topological polar surface area (TPSA) is 35.8 Å². The Morgan fingerprint density at radius 1 is 1.32 bits per heavy atom. The highest BCUT2D eigenvalue weighted by molar-refractivity contribution is 9.10. The fourth-order valence-corrected chi connectivity index (χ4v) is 2.24. The molecular weight excluding hydrogens is 331 g/mol. The second-order valence-corrected chi connectivity index (χ2v) is 5.18. The average Bonchev–Trinajstić information content (AvgIpc) is 2.39. The molecule has 0 aliphatic carbocycles. The van der Waals surface area contributed by atoms with Crippen molar-refractivity contribution in [1.29, 1.82) is 5.26 Å². The minimum Gasteiger partial charge on any atom is -0.380 e. The molecule has 0 aliphatic rings. The van der Waals surface area contributed by atoms with Crippen molar-refractivity contribution < 1.29 is 4.39 Å². The van der Waals surface area contributed by atoms with Crippen molar-refractivity contribution in [1.82, 2.24) is 0 Å². The van der Waals surface area contributed by atoms with Crippen molar-refractivity contribution in [2.75, 3.05) is 5.32 Å². The predicted molar refractivity (Wildman–Crippen MR) is 77.6 cm³/mol. The minimum absolute atomic E-state index is 0.224. The van der Waals surface area contributed by atoms with E-state index in [2.05, 4.69) is 27.3 Å². The molecule has 0 atom stereocenters. The molecular formula is C14H9BrClFN2. The Labute approximate surface area is 123 Å². The quantitative estimate of drug-likeness (QED) is 0.878. The number of benzene rings is 2. The van der Waals surface area contributed by atoms with Gasteiger partial charge in [0.25, 0.3) is 0 Å². The van der Waals surface area contributed by atoms with E-state index >= 15 is 0 Å². The first-order chi connectivity index (χ1) is 9.11. The van der Waals surface area contributed by atoms with Crippen LogP contribution >= 0.6 is 27.5 Å². The van der Waals surface area contributed by atoms with Crippen LogP contribution in [0.25, 0.3) is 0 Å². The average molecular weight is 340 g/mol. The number of nitriles is 1. The molecule has 0 radical (unpaired) electrons. The number of hydrogen-bond donors (Lipinski definition) is 1. The summed E-state index contributed by atoms with van der Waals surface area (Å²) in [4.78, 5) is 0. The smallest absolute Gasteiger partial charge is 0.129 e. The van der Waals surface area contributed by atoms with Crippen LogP contribution in [-0.4, -0.2) is 0 Å². The van der Waals surface area contributed by atoms with Gasteiger partial charge in [0, 0.05) is 21.6 Å². The van der Waals surface area contributed by atoms with Crippen molar-refractivity contribution in [3.63, 3.8) is 0 Å². The van der Waals surface area contributed by atoms with Crippen molar-refractivity contribution >= 4 is 33.2 Å². The van der Waals surface area contributed by atoms with Gasteiger partial charge in [-0.25, -0.2) is 4.39 Å². The maximum Gasteiger partial charge on any atom is 0.129 e. The molecule has 0 spiro atoms. The molecule has 2 aromatic carbocycles. The fourth-order valence-electron chi connectivity index (χ4n) is 1.65. The maximum atomic E-state index is 13.6. The Morgan fingerprint density at radius 3 is 2.79 bits per heavy atom. The molecule has 0 saturated carbocycles. The number of hydrogen-bond acceptors (Lipinski definition) is 2. The van der Waals surface area contributed by atoms with E-state index in [1.807, 2.05) is 6.07 Å². The number of nitrogens with one attached hydrogen (secondary N) is 1. The van der Waals surface area contributed by atoms with Gasteiger partial charge in [-0.3, -0.25) is 0 Å². The second kappa shape index (κ2) is 6.05. The first-order valence-electron chi connectivity index (χ1n) is 5.48. The van der Waals surface area contributed by atoms with E-state index in [0.717, 1.165) is 4.47 Å². The largest absolute Gasteiger partial charge is 0.380 e. The molecule has 19 heavy (non-hydrogen) atoms. The van der Waals surface area contributed by atoms with Crippen LogP contribution in [0.3, 0.4) is 0 Å². The van der Waals surface area contributed by atoms with Crippen LogP contribution in [0.5, 0.6) is 0 Å². The Morgan fingerprint density at radius 2 is 2.11 bits per heavy atom. The van der Waals surface area contributed by atoms with Gasteiger partial charge in [-0.05, 0) is 30.3 Å². The van der Waals surface area contributed by atoms with E-state index < -0.39 is 0 Å². The summed E-state index contributed by atoms with van der Waals surface area (Å²) in [6.07, 6.45) is 0. The lowest BCUT2D eigenvalue weighted by atomic mass is 10.1. The lowest BCUT2D eigenvalue weighted by Gasteiger charge is -2.10. The monoisotopic (exact) mass is 338 g/mol. The van der Waals surface area contributed by atoms with Gasteiger partial charge in [-0.2, -0.15) is 5.26 Å². The summed E-state index contributed by atoms with van der Waals surface area (Å²) in [6.45, 7) is 0.224. The van der Waals surface area contributed by atoms with E-state index in [-0.39, 0.29) is 12.4 Å². The van der Waals surface area contributed by atoms with E-state index in [1.165, 1.54) is 6.07 Å². The molecule has 0 heterocycles. The van der Waals surface area contributed by atoms with Gasteiger partial charge in [-0.15, -0.1) is 0 Å². The third-order valence-electron chi connectivity index (χ3n) is 2.62. The van der Waals surface area contributed by atoms with Crippen molar-refractivity contribution in [2.24, 2.45) is 0 Å². The molecule has 0 aliphatic heterocycles. The molecule has 0 unspecified atom stereocenters. The Balaban J connectivity index is 2.22. The summed E-state index contributed by atoms with van der Waals surface area (Å²) in [5.41, 5.74) is 1.52. The van der Waals surface area contributed by atoms with Gasteiger partial charge in [-0.1, -0.05) is 33.6 Å². The predicted octanol–water partition coefficient (Wildman–Crippen LogP) is 4.73. The zero-order valence-corrected chi connectivity index (χ0v) is 12.1. The second-order valence-electron chi connectivity index (χ2n) is 3.86. The van der Waals surface area contributed by atoms with Crippen molar-refractivity contribution in [3.05, 3.63) is 62.8 Å². The third-order valence-corrected chi connectivity index (χ3v) is 3.47. The molecule has 0 bridgehead atoms. The van der Waals surface area contributed by atoms with Gasteiger partial charge >= 0.3 is 0 Å². The van der Waals surface area contributed by atoms with Crippen LogP contribution < -0.4 is 5.32 Å². The molecule has 1 N–H and O–H groups in total. The van der Waals surface area contributed by atoms with Crippen LogP contribution in [0.1, 0.15) is 11.1 Å². The highest BCUT2D eigenvalue weighted by Gasteiger charge is 2.08. The van der Waals surface area contributed by atoms with Crippen LogP contribution in [0.15, 0.2) is 40.9 Å². The SMILES string of the molecule is N#Cc1cc(Br)ccc1NCc1c(F)cccc1Cl. The zero-order valence-electron chi connectivity index (χ0n) is 9.75. The van der Waals surface area contributed by atoms with Crippen LogP contribution in [0.4, 0.5) is 10.1 Å². The van der Waals surface area contributed by atoms with E-state index in [9.17, 15) is 4.39 Å². The summed E-state index contributed by atoms with van der Waals surface area (Å²) in [5, 5.41) is 12.4. The van der Waals surface area contributed by atoms with Crippen molar-refractivity contribution in [2.45, 2.75) is 6.54 Å². The fraction of sp³-hybridized carbons (Fsp3) is 0.0714. The number of anilines is 1. The minimum atomic E-state index is -0.365. The molecule has 2 aromatic rings. The van der Waals surface area contributed by atoms with Gasteiger partial charge in [0.05, 0.1) is 11.3 Å². The Bertz CT molecular complexity index is 632. The maximum absolute atomic E-state index is 13.6. The molecule has 2 rings (SSSR count). The molecule has 0 amide bonds. The molecule has 96 valence electrons. The normalized spacial score (nSPS) is 10.0. The van der Waals surface area contributed by atoms with Gasteiger partial charge in [0.15, 0.2) is 0 Å².